The number of rotatable bonds is 3. The van der Waals surface area contributed by atoms with E-state index >= 15 is 0 Å². The van der Waals surface area contributed by atoms with Crippen molar-refractivity contribution in [3.05, 3.63) is 71.9 Å². The summed E-state index contributed by atoms with van der Waals surface area (Å²) in [5.41, 5.74) is 3.19. The summed E-state index contributed by atoms with van der Waals surface area (Å²) in [6, 6.07) is 19.3. The fourth-order valence-electron chi connectivity index (χ4n) is 2.52. The molecule has 124 valence electrons. The van der Waals surface area contributed by atoms with E-state index in [4.69, 9.17) is 0 Å². The Balaban J connectivity index is 1.67. The molecule has 0 saturated heterocycles. The van der Waals surface area contributed by atoms with E-state index in [-0.39, 0.29) is 12.5 Å². The van der Waals surface area contributed by atoms with E-state index in [2.05, 4.69) is 22.1 Å². The molecule has 2 aromatic carbocycles. The Bertz CT molecular complexity index is 967. The Labute approximate surface area is 147 Å². The van der Waals surface area contributed by atoms with Crippen molar-refractivity contribution in [1.82, 2.24) is 10.3 Å². The zero-order chi connectivity index (χ0) is 17.6. The summed E-state index contributed by atoms with van der Waals surface area (Å²) in [6.07, 6.45) is 0. The van der Waals surface area contributed by atoms with Gasteiger partial charge in [-0.15, -0.1) is 0 Å². The van der Waals surface area contributed by atoms with E-state index in [1.54, 1.807) is 6.07 Å². The van der Waals surface area contributed by atoms with Crippen LogP contribution in [0.5, 0.6) is 0 Å². The first-order valence-corrected chi connectivity index (χ1v) is 8.04. The fourth-order valence-corrected chi connectivity index (χ4v) is 2.52. The summed E-state index contributed by atoms with van der Waals surface area (Å²) in [5.74, 6) is 5.88. The van der Waals surface area contributed by atoms with Gasteiger partial charge in [0, 0.05) is 25.0 Å². The summed E-state index contributed by atoms with van der Waals surface area (Å²) in [5, 5.41) is 3.81. The van der Waals surface area contributed by atoms with Crippen molar-refractivity contribution >= 4 is 22.5 Å². The molecule has 25 heavy (non-hydrogen) atoms. The van der Waals surface area contributed by atoms with Gasteiger partial charge in [-0.05, 0) is 24.3 Å². The number of anilines is 1. The van der Waals surface area contributed by atoms with Crippen LogP contribution >= 0.6 is 0 Å². The molecule has 4 nitrogen and oxygen atoms in total. The molecule has 0 fully saturated rings. The first-order valence-electron chi connectivity index (χ1n) is 8.04. The molecule has 1 heterocycles. The van der Waals surface area contributed by atoms with E-state index in [0.717, 1.165) is 22.2 Å². The highest BCUT2D eigenvalue weighted by atomic mass is 16.1. The third-order valence-corrected chi connectivity index (χ3v) is 3.78. The zero-order valence-corrected chi connectivity index (χ0v) is 14.3. The average Bonchev–Trinajstić information content (AvgIpc) is 2.64. The standard InChI is InChI=1S/C21H19N3O/c1-24(2)20-12-6-4-9-17(20)10-7-15-22-21(25)19-14-13-16-8-3-5-11-18(16)23-19/h3-6,8-9,11-14H,15H2,1-2H3,(H,22,25). The molecule has 4 heteroatoms. The maximum Gasteiger partial charge on any atom is 0.270 e. The highest BCUT2D eigenvalue weighted by Crippen LogP contribution is 2.16. The van der Waals surface area contributed by atoms with Crippen molar-refractivity contribution in [2.24, 2.45) is 0 Å². The quantitative estimate of drug-likeness (QED) is 0.751. The Hall–Kier alpha value is -3.32. The van der Waals surface area contributed by atoms with Gasteiger partial charge in [-0.1, -0.05) is 48.2 Å². The van der Waals surface area contributed by atoms with Gasteiger partial charge in [-0.25, -0.2) is 4.98 Å². The number of nitrogens with one attached hydrogen (secondary N) is 1. The van der Waals surface area contributed by atoms with Crippen LogP contribution in [0.15, 0.2) is 60.7 Å². The second-order valence-corrected chi connectivity index (χ2v) is 5.79. The molecule has 3 aromatic rings. The Morgan fingerprint density at radius 3 is 2.64 bits per heavy atom. The molecule has 0 atom stereocenters. The van der Waals surface area contributed by atoms with Crippen LogP contribution in [0.4, 0.5) is 5.69 Å². The fraction of sp³-hybridized carbons (Fsp3) is 0.143. The molecule has 0 radical (unpaired) electrons. The number of amides is 1. The summed E-state index contributed by atoms with van der Waals surface area (Å²) < 4.78 is 0. The van der Waals surface area contributed by atoms with Gasteiger partial charge in [-0.2, -0.15) is 0 Å². The molecule has 0 aliphatic rings. The van der Waals surface area contributed by atoms with Gasteiger partial charge in [-0.3, -0.25) is 4.79 Å². The Morgan fingerprint density at radius 1 is 1.04 bits per heavy atom. The molecule has 0 aliphatic carbocycles. The maximum atomic E-state index is 12.2. The number of hydrogen-bond acceptors (Lipinski definition) is 3. The smallest absolute Gasteiger partial charge is 0.270 e. The lowest BCUT2D eigenvalue weighted by atomic mass is 10.1. The van der Waals surface area contributed by atoms with Crippen molar-refractivity contribution in [1.29, 1.82) is 0 Å². The van der Waals surface area contributed by atoms with Crippen molar-refractivity contribution in [2.75, 3.05) is 25.5 Å². The number of hydrogen-bond donors (Lipinski definition) is 1. The van der Waals surface area contributed by atoms with Gasteiger partial charge in [0.1, 0.15) is 5.69 Å². The molecule has 1 N–H and O–H groups in total. The van der Waals surface area contributed by atoms with Crippen LogP contribution in [0.1, 0.15) is 16.1 Å². The van der Waals surface area contributed by atoms with E-state index in [9.17, 15) is 4.79 Å². The van der Waals surface area contributed by atoms with Crippen LogP contribution in [0.25, 0.3) is 10.9 Å². The first-order chi connectivity index (χ1) is 12.1. The van der Waals surface area contributed by atoms with Crippen molar-refractivity contribution < 1.29 is 4.79 Å². The lowest BCUT2D eigenvalue weighted by Crippen LogP contribution is -2.24. The van der Waals surface area contributed by atoms with Gasteiger partial charge < -0.3 is 10.2 Å². The predicted molar refractivity (Wildman–Crippen MR) is 102 cm³/mol. The van der Waals surface area contributed by atoms with Gasteiger partial charge in [0.2, 0.25) is 0 Å². The number of carbonyl (C=O) groups is 1. The van der Waals surface area contributed by atoms with Crippen molar-refractivity contribution in [3.63, 3.8) is 0 Å². The van der Waals surface area contributed by atoms with E-state index < -0.39 is 0 Å². The number of benzene rings is 2. The van der Waals surface area contributed by atoms with Crippen LogP contribution in [0, 0.1) is 11.8 Å². The van der Waals surface area contributed by atoms with E-state index in [1.807, 2.05) is 73.6 Å². The Morgan fingerprint density at radius 2 is 1.80 bits per heavy atom. The minimum Gasteiger partial charge on any atom is -0.377 e. The summed E-state index contributed by atoms with van der Waals surface area (Å²) in [4.78, 5) is 18.6. The predicted octanol–water partition coefficient (Wildman–Crippen LogP) is 3.08. The zero-order valence-electron chi connectivity index (χ0n) is 14.3. The molecule has 0 unspecified atom stereocenters. The largest absolute Gasteiger partial charge is 0.377 e. The van der Waals surface area contributed by atoms with Gasteiger partial charge in [0.25, 0.3) is 5.91 Å². The lowest BCUT2D eigenvalue weighted by molar-refractivity contribution is 0.0954. The SMILES string of the molecule is CN(C)c1ccccc1C#CCNC(=O)c1ccc2ccccc2n1. The highest BCUT2D eigenvalue weighted by Gasteiger charge is 2.06. The van der Waals surface area contributed by atoms with Gasteiger partial charge in [0.05, 0.1) is 17.7 Å². The van der Waals surface area contributed by atoms with Crippen molar-refractivity contribution in [2.45, 2.75) is 0 Å². The first kappa shape index (κ1) is 16.5. The molecule has 0 spiro atoms. The number of carbonyl (C=O) groups excluding carboxylic acids is 1. The monoisotopic (exact) mass is 329 g/mol. The van der Waals surface area contributed by atoms with E-state index in [0.29, 0.717) is 5.69 Å². The summed E-state index contributed by atoms with van der Waals surface area (Å²) in [7, 11) is 3.96. The van der Waals surface area contributed by atoms with Gasteiger partial charge in [0.15, 0.2) is 0 Å². The van der Waals surface area contributed by atoms with Crippen molar-refractivity contribution in [3.8, 4) is 11.8 Å². The average molecular weight is 329 g/mol. The molecule has 0 aliphatic heterocycles. The number of pyridine rings is 1. The normalized spacial score (nSPS) is 10.0. The van der Waals surface area contributed by atoms with Crippen LogP contribution in [-0.2, 0) is 0 Å². The van der Waals surface area contributed by atoms with Crippen LogP contribution < -0.4 is 10.2 Å². The molecule has 0 saturated carbocycles. The minimum absolute atomic E-state index is 0.221. The van der Waals surface area contributed by atoms with Gasteiger partial charge >= 0.3 is 0 Å². The van der Waals surface area contributed by atoms with Crippen LogP contribution in [-0.4, -0.2) is 31.5 Å². The minimum atomic E-state index is -0.221. The van der Waals surface area contributed by atoms with Crippen LogP contribution in [0.3, 0.4) is 0 Å². The number of fused-ring (bicyclic) bond motifs is 1. The lowest BCUT2D eigenvalue weighted by Gasteiger charge is -2.13. The maximum absolute atomic E-state index is 12.2. The van der Waals surface area contributed by atoms with E-state index in [1.165, 1.54) is 0 Å². The molecular formula is C21H19N3O. The topological polar surface area (TPSA) is 45.2 Å². The molecule has 0 bridgehead atoms. The third kappa shape index (κ3) is 3.96. The molecule has 3 rings (SSSR count). The number of para-hydroxylation sites is 2. The third-order valence-electron chi connectivity index (χ3n) is 3.78. The molecule has 1 amide bonds. The highest BCUT2D eigenvalue weighted by molar-refractivity contribution is 5.95. The Kier molecular flexibility index (Phi) is 4.96. The van der Waals surface area contributed by atoms with Crippen LogP contribution in [0.2, 0.25) is 0 Å². The second kappa shape index (κ2) is 7.50. The second-order valence-electron chi connectivity index (χ2n) is 5.79. The summed E-state index contributed by atoms with van der Waals surface area (Å²) >= 11 is 0. The number of nitrogens with zero attached hydrogens (tertiary/aromatic N) is 2. The number of aromatic nitrogens is 1. The summed E-state index contributed by atoms with van der Waals surface area (Å²) in [6.45, 7) is 0.273. The molecular weight excluding hydrogens is 310 g/mol. The molecule has 1 aromatic heterocycles.